The van der Waals surface area contributed by atoms with Crippen molar-refractivity contribution in [2.45, 2.75) is 25.3 Å². The highest BCUT2D eigenvalue weighted by molar-refractivity contribution is 7.17. The number of carbonyl (C=O) groups is 2. The highest BCUT2D eigenvalue weighted by Crippen LogP contribution is 2.39. The molecule has 0 bridgehead atoms. The van der Waals surface area contributed by atoms with Crippen LogP contribution in [0.4, 0.5) is 15.5 Å². The van der Waals surface area contributed by atoms with Crippen molar-refractivity contribution in [2.24, 2.45) is 5.73 Å². The molecule has 0 fully saturated rings. The maximum atomic E-state index is 12.4. The van der Waals surface area contributed by atoms with Crippen LogP contribution in [-0.4, -0.2) is 43.6 Å². The first-order valence-electron chi connectivity index (χ1n) is 8.74. The second-order valence-electron chi connectivity index (χ2n) is 7.67. The topological polar surface area (TPSA) is 84.2 Å². The van der Waals surface area contributed by atoms with Gasteiger partial charge in [0.05, 0.1) is 32.7 Å². The Morgan fingerprint density at radius 2 is 1.85 bits per heavy atom. The number of carbonyl (C=O) groups excluding carboxylic acids is 2. The van der Waals surface area contributed by atoms with Crippen LogP contribution in [0, 0.1) is 0 Å². The molecule has 2 aromatic rings. The zero-order chi connectivity index (χ0) is 19.8. The molecule has 3 amide bonds. The predicted molar refractivity (Wildman–Crippen MR) is 111 cm³/mol. The summed E-state index contributed by atoms with van der Waals surface area (Å²) in [6, 6.07) is 6.88. The van der Waals surface area contributed by atoms with Gasteiger partial charge < -0.3 is 15.5 Å². The summed E-state index contributed by atoms with van der Waals surface area (Å²) in [7, 11) is 6.53. The maximum Gasteiger partial charge on any atom is 0.324 e. The lowest BCUT2D eigenvalue weighted by molar-refractivity contribution is -0.896. The summed E-state index contributed by atoms with van der Waals surface area (Å²) in [4.78, 5) is 25.6. The van der Waals surface area contributed by atoms with E-state index in [0.29, 0.717) is 27.3 Å². The van der Waals surface area contributed by atoms with E-state index < -0.39 is 11.9 Å². The average Bonchev–Trinajstić information content (AvgIpc) is 2.93. The molecule has 1 aromatic carbocycles. The van der Waals surface area contributed by atoms with Crippen LogP contribution < -0.4 is 16.4 Å². The number of amides is 3. The lowest BCUT2D eigenvalue weighted by Gasteiger charge is -2.36. The third kappa shape index (κ3) is 4.43. The number of halogens is 1. The molecule has 0 saturated heterocycles. The number of rotatable bonds is 4. The monoisotopic (exact) mass is 407 g/mol. The minimum Gasteiger partial charge on any atom is -0.365 e. The van der Waals surface area contributed by atoms with Crippen molar-refractivity contribution in [3.05, 3.63) is 45.3 Å². The van der Waals surface area contributed by atoms with Crippen LogP contribution in [0.3, 0.4) is 0 Å². The van der Waals surface area contributed by atoms with Gasteiger partial charge >= 0.3 is 6.03 Å². The summed E-state index contributed by atoms with van der Waals surface area (Å²) in [6.45, 7) is 0. The Balaban J connectivity index is 1.81. The van der Waals surface area contributed by atoms with Gasteiger partial charge in [0.1, 0.15) is 5.00 Å². The molecule has 0 saturated carbocycles. The molecule has 3 rings (SSSR count). The Labute approximate surface area is 167 Å². The number of thiophene rings is 1. The summed E-state index contributed by atoms with van der Waals surface area (Å²) in [5.41, 5.74) is 7.67. The van der Waals surface area contributed by atoms with Gasteiger partial charge in [0, 0.05) is 28.4 Å². The number of nitrogens with two attached hydrogens (primary N) is 1. The van der Waals surface area contributed by atoms with Crippen LogP contribution >= 0.6 is 22.9 Å². The van der Waals surface area contributed by atoms with Crippen molar-refractivity contribution in [3.63, 3.8) is 0 Å². The molecular weight excluding hydrogens is 384 g/mol. The van der Waals surface area contributed by atoms with Crippen molar-refractivity contribution in [1.82, 2.24) is 0 Å². The third-order valence-corrected chi connectivity index (χ3v) is 6.33. The number of nitrogens with one attached hydrogen (secondary N) is 2. The van der Waals surface area contributed by atoms with Crippen molar-refractivity contribution in [1.29, 1.82) is 0 Å². The Hall–Kier alpha value is -2.09. The minimum atomic E-state index is -0.502. The normalized spacial score (nSPS) is 16.5. The highest BCUT2D eigenvalue weighted by Gasteiger charge is 2.34. The molecule has 1 aliphatic rings. The Morgan fingerprint density at radius 3 is 2.44 bits per heavy atom. The van der Waals surface area contributed by atoms with Gasteiger partial charge in [0.2, 0.25) is 0 Å². The molecule has 1 aromatic heterocycles. The summed E-state index contributed by atoms with van der Waals surface area (Å²) in [6.07, 6.45) is 2.67. The molecule has 1 aliphatic carbocycles. The Kier molecular flexibility index (Phi) is 5.46. The van der Waals surface area contributed by atoms with Gasteiger partial charge in [-0.1, -0.05) is 11.6 Å². The number of benzene rings is 1. The first-order chi connectivity index (χ1) is 12.6. The number of nitrogens with zero attached hydrogens (tertiary/aromatic N) is 1. The quantitative estimate of drug-likeness (QED) is 0.675. The Bertz CT molecular complexity index is 871. The van der Waals surface area contributed by atoms with E-state index in [9.17, 15) is 9.59 Å². The number of urea groups is 1. The molecule has 27 heavy (non-hydrogen) atoms. The standard InChI is InChI=1S/C19H23ClN4O2S/c1-24(2,3)13-8-9-14-15(10-13)27-18(16(14)17(21)25)23-19(26)22-12-6-4-11(20)5-7-12/h4-7,13H,8-10H2,1-3H3,(H3-,21,22,23,25,26)/p+1. The molecule has 1 heterocycles. The van der Waals surface area contributed by atoms with Gasteiger partial charge in [-0.25, -0.2) is 4.79 Å². The number of hydrogen-bond acceptors (Lipinski definition) is 3. The fourth-order valence-corrected chi connectivity index (χ4v) is 4.82. The van der Waals surface area contributed by atoms with Crippen LogP contribution in [0.1, 0.15) is 27.2 Å². The third-order valence-electron chi connectivity index (χ3n) is 4.91. The van der Waals surface area contributed by atoms with Gasteiger partial charge in [-0.05, 0) is 36.2 Å². The van der Waals surface area contributed by atoms with E-state index in [0.717, 1.165) is 34.2 Å². The lowest BCUT2D eigenvalue weighted by atomic mass is 9.90. The molecule has 4 N–H and O–H groups in total. The molecule has 8 heteroatoms. The van der Waals surface area contributed by atoms with E-state index in [-0.39, 0.29) is 0 Å². The van der Waals surface area contributed by atoms with Gasteiger partial charge in [-0.15, -0.1) is 11.3 Å². The molecule has 0 radical (unpaired) electrons. The first-order valence-corrected chi connectivity index (χ1v) is 9.93. The number of anilines is 2. The van der Waals surface area contributed by atoms with E-state index in [1.165, 1.54) is 11.3 Å². The second kappa shape index (κ2) is 7.50. The zero-order valence-corrected chi connectivity index (χ0v) is 17.2. The largest absolute Gasteiger partial charge is 0.365 e. The van der Waals surface area contributed by atoms with Crippen molar-refractivity contribution in [3.8, 4) is 0 Å². The van der Waals surface area contributed by atoms with Crippen LogP contribution in [0.5, 0.6) is 0 Å². The van der Waals surface area contributed by atoms with Gasteiger partial charge in [0.15, 0.2) is 0 Å². The van der Waals surface area contributed by atoms with Crippen LogP contribution in [-0.2, 0) is 12.8 Å². The summed E-state index contributed by atoms with van der Waals surface area (Å²) in [5, 5.41) is 6.64. The lowest BCUT2D eigenvalue weighted by Crippen LogP contribution is -2.47. The fourth-order valence-electron chi connectivity index (χ4n) is 3.38. The number of hydrogen-bond donors (Lipinski definition) is 3. The van der Waals surface area contributed by atoms with E-state index >= 15 is 0 Å². The van der Waals surface area contributed by atoms with E-state index in [2.05, 4.69) is 31.8 Å². The van der Waals surface area contributed by atoms with Crippen molar-refractivity contribution >= 4 is 45.6 Å². The average molecular weight is 408 g/mol. The van der Waals surface area contributed by atoms with Crippen LogP contribution in [0.25, 0.3) is 0 Å². The maximum absolute atomic E-state index is 12.4. The molecule has 1 unspecified atom stereocenters. The SMILES string of the molecule is C[N+](C)(C)C1CCc2c(sc(NC(=O)Nc3ccc(Cl)cc3)c2C(N)=O)C1. The number of fused-ring (bicyclic) bond motifs is 1. The molecule has 0 aliphatic heterocycles. The predicted octanol–water partition coefficient (Wildman–Crippen LogP) is 3.71. The summed E-state index contributed by atoms with van der Waals surface area (Å²) >= 11 is 7.30. The van der Waals surface area contributed by atoms with E-state index in [4.69, 9.17) is 17.3 Å². The number of primary amides is 1. The summed E-state index contributed by atoms with van der Waals surface area (Å²) in [5.74, 6) is -0.502. The van der Waals surface area contributed by atoms with Crippen molar-refractivity contribution < 1.29 is 14.1 Å². The fraction of sp³-hybridized carbons (Fsp3) is 0.368. The van der Waals surface area contributed by atoms with Crippen molar-refractivity contribution in [2.75, 3.05) is 31.8 Å². The smallest absolute Gasteiger partial charge is 0.324 e. The first kappa shape index (κ1) is 19.7. The Morgan fingerprint density at radius 1 is 1.19 bits per heavy atom. The molecule has 1 atom stereocenters. The van der Waals surface area contributed by atoms with Crippen LogP contribution in [0.15, 0.2) is 24.3 Å². The minimum absolute atomic E-state index is 0.415. The number of quaternary nitrogens is 1. The summed E-state index contributed by atoms with van der Waals surface area (Å²) < 4.78 is 0.864. The highest BCUT2D eigenvalue weighted by atomic mass is 35.5. The molecule has 6 nitrogen and oxygen atoms in total. The molecule has 0 spiro atoms. The number of likely N-dealkylation sites (N-methyl/N-ethyl adjacent to an activating group) is 1. The zero-order valence-electron chi connectivity index (χ0n) is 15.6. The molecule has 144 valence electrons. The van der Waals surface area contributed by atoms with E-state index in [1.807, 2.05) is 0 Å². The van der Waals surface area contributed by atoms with Gasteiger partial charge in [0.25, 0.3) is 5.91 Å². The molecular formula is C19H24ClN4O2S+. The van der Waals surface area contributed by atoms with Crippen LogP contribution in [0.2, 0.25) is 5.02 Å². The second-order valence-corrected chi connectivity index (χ2v) is 9.21. The van der Waals surface area contributed by atoms with Gasteiger partial charge in [-0.3, -0.25) is 10.1 Å². The van der Waals surface area contributed by atoms with E-state index in [1.54, 1.807) is 24.3 Å². The van der Waals surface area contributed by atoms with Gasteiger partial charge in [-0.2, -0.15) is 0 Å².